The third-order valence-corrected chi connectivity index (χ3v) is 5.79. The molecule has 0 saturated heterocycles. The molecule has 0 aromatic heterocycles. The van der Waals surface area contributed by atoms with Crippen LogP contribution in [0.25, 0.3) is 0 Å². The summed E-state index contributed by atoms with van der Waals surface area (Å²) < 4.78 is 1.03. The van der Waals surface area contributed by atoms with Crippen LogP contribution >= 0.6 is 11.6 Å². The van der Waals surface area contributed by atoms with E-state index in [1.807, 2.05) is 12.1 Å². The van der Waals surface area contributed by atoms with Crippen molar-refractivity contribution in [3.8, 4) is 5.75 Å². The van der Waals surface area contributed by atoms with E-state index in [1.54, 1.807) is 0 Å². The summed E-state index contributed by atoms with van der Waals surface area (Å²) in [6, 6.07) is 13.0. The second kappa shape index (κ2) is 6.26. The molecule has 2 heterocycles. The van der Waals surface area contributed by atoms with Crippen LogP contribution < -0.4 is 24.0 Å². The van der Waals surface area contributed by atoms with Gasteiger partial charge in [-0.25, -0.2) is 0 Å². The molecule has 122 valence electrons. The van der Waals surface area contributed by atoms with Crippen LogP contribution in [-0.4, -0.2) is 29.7 Å². The highest BCUT2D eigenvalue weighted by molar-refractivity contribution is 6.32. The SMILES string of the molecule is C[N+]12CCCc3ccccc3C1c1cc(O)c(Cl)cc1CC2.[I-]. The van der Waals surface area contributed by atoms with Gasteiger partial charge in [0.2, 0.25) is 0 Å². The molecule has 0 amide bonds. The molecule has 2 atom stereocenters. The Morgan fingerprint density at radius 3 is 2.65 bits per heavy atom. The Hall–Kier alpha value is -0.780. The number of aromatic hydroxyl groups is 1. The Morgan fingerprint density at radius 2 is 1.83 bits per heavy atom. The van der Waals surface area contributed by atoms with E-state index in [-0.39, 0.29) is 29.7 Å². The van der Waals surface area contributed by atoms with Gasteiger partial charge in [0.15, 0.2) is 0 Å². The van der Waals surface area contributed by atoms with Crippen molar-refractivity contribution in [3.63, 3.8) is 0 Å². The molecule has 0 bridgehead atoms. The number of phenols is 1. The first-order valence-corrected chi connectivity index (χ1v) is 8.39. The third kappa shape index (κ3) is 2.77. The van der Waals surface area contributed by atoms with E-state index in [2.05, 4.69) is 31.3 Å². The molecule has 0 spiro atoms. The lowest BCUT2D eigenvalue weighted by atomic mass is 9.85. The number of likely N-dealkylation sites (N-methyl/N-ethyl adjacent to an activating group) is 1. The predicted octanol–water partition coefficient (Wildman–Crippen LogP) is 1.09. The van der Waals surface area contributed by atoms with Crippen molar-refractivity contribution >= 4 is 11.6 Å². The topological polar surface area (TPSA) is 20.2 Å². The molecule has 23 heavy (non-hydrogen) atoms. The Balaban J connectivity index is 0.00000156. The van der Waals surface area contributed by atoms with E-state index < -0.39 is 0 Å². The lowest BCUT2D eigenvalue weighted by molar-refractivity contribution is -0.935. The molecule has 4 rings (SSSR count). The van der Waals surface area contributed by atoms with Crippen LogP contribution in [-0.2, 0) is 12.8 Å². The van der Waals surface area contributed by atoms with Crippen molar-refractivity contribution in [1.82, 2.24) is 0 Å². The molecule has 2 aliphatic rings. The molecule has 2 aromatic rings. The zero-order chi connectivity index (χ0) is 15.3. The normalized spacial score (nSPS) is 25.4. The Morgan fingerprint density at radius 1 is 1.04 bits per heavy atom. The maximum absolute atomic E-state index is 10.1. The molecule has 0 radical (unpaired) electrons. The second-order valence-corrected chi connectivity index (χ2v) is 7.29. The van der Waals surface area contributed by atoms with E-state index in [0.29, 0.717) is 11.1 Å². The van der Waals surface area contributed by atoms with Crippen molar-refractivity contribution in [2.45, 2.75) is 25.3 Å². The summed E-state index contributed by atoms with van der Waals surface area (Å²) in [4.78, 5) is 0. The van der Waals surface area contributed by atoms with Crippen molar-refractivity contribution in [3.05, 3.63) is 63.7 Å². The van der Waals surface area contributed by atoms with Gasteiger partial charge in [-0.2, -0.15) is 0 Å². The molecule has 2 unspecified atom stereocenters. The number of aryl methyl sites for hydroxylation is 1. The first-order chi connectivity index (χ1) is 10.6. The predicted molar refractivity (Wildman–Crippen MR) is 89.3 cm³/mol. The lowest BCUT2D eigenvalue weighted by Crippen LogP contribution is -3.00. The lowest BCUT2D eigenvalue weighted by Gasteiger charge is -2.45. The molecule has 2 aromatic carbocycles. The minimum atomic E-state index is 0. The number of nitrogens with zero attached hydrogens (tertiary/aromatic N) is 1. The zero-order valence-electron chi connectivity index (χ0n) is 13.2. The van der Waals surface area contributed by atoms with Gasteiger partial charge in [-0.15, -0.1) is 0 Å². The van der Waals surface area contributed by atoms with E-state index in [0.717, 1.165) is 23.9 Å². The number of halogens is 2. The standard InChI is InChI=1S/C19H20ClNO.HI/c1-21-9-4-6-13-5-2-3-7-15(13)19(21)16-12-18(22)17(20)11-14(16)8-10-21;/h2-3,5,7,11-12,19H,4,6,8-10H2,1H3;1H. The van der Waals surface area contributed by atoms with E-state index >= 15 is 0 Å². The second-order valence-electron chi connectivity index (χ2n) is 6.88. The van der Waals surface area contributed by atoms with E-state index in [1.165, 1.54) is 35.2 Å². The van der Waals surface area contributed by atoms with Gasteiger partial charge in [0.05, 0.1) is 25.2 Å². The van der Waals surface area contributed by atoms with Gasteiger partial charge in [-0.3, -0.25) is 0 Å². The molecule has 4 heteroatoms. The summed E-state index contributed by atoms with van der Waals surface area (Å²) >= 11 is 6.13. The zero-order valence-corrected chi connectivity index (χ0v) is 16.1. The summed E-state index contributed by atoms with van der Waals surface area (Å²) in [6.45, 7) is 2.31. The number of quaternary nitrogens is 1. The maximum Gasteiger partial charge on any atom is 0.141 e. The van der Waals surface area contributed by atoms with Crippen molar-refractivity contribution in [2.75, 3.05) is 20.1 Å². The first-order valence-electron chi connectivity index (χ1n) is 8.02. The summed E-state index contributed by atoms with van der Waals surface area (Å²) in [5.74, 6) is 0.204. The molecule has 2 aliphatic heterocycles. The minimum absolute atomic E-state index is 0. The Labute approximate surface area is 159 Å². The van der Waals surface area contributed by atoms with E-state index in [4.69, 9.17) is 11.6 Å². The van der Waals surface area contributed by atoms with Crippen LogP contribution in [0.2, 0.25) is 5.02 Å². The van der Waals surface area contributed by atoms with Gasteiger partial charge in [0.1, 0.15) is 11.8 Å². The fourth-order valence-electron chi connectivity index (χ4n) is 4.33. The number of phenolic OH excluding ortho intramolecular Hbond substituents is 1. The number of hydrogen-bond acceptors (Lipinski definition) is 1. The van der Waals surface area contributed by atoms with Gasteiger partial charge >= 0.3 is 0 Å². The van der Waals surface area contributed by atoms with Gasteiger partial charge in [-0.05, 0) is 29.7 Å². The highest BCUT2D eigenvalue weighted by Gasteiger charge is 2.42. The Bertz CT molecular complexity index is 748. The van der Waals surface area contributed by atoms with Gasteiger partial charge in [0.25, 0.3) is 0 Å². The highest BCUT2D eigenvalue weighted by atomic mass is 127. The molecule has 0 fully saturated rings. The molecule has 1 N–H and O–H groups in total. The van der Waals surface area contributed by atoms with Crippen LogP contribution in [0.5, 0.6) is 5.75 Å². The largest absolute Gasteiger partial charge is 1.00 e. The average molecular weight is 442 g/mol. The summed E-state index contributed by atoms with van der Waals surface area (Å²) in [5.41, 5.74) is 5.42. The van der Waals surface area contributed by atoms with Crippen LogP contribution in [0.15, 0.2) is 36.4 Å². The molecule has 0 aliphatic carbocycles. The smallest absolute Gasteiger partial charge is 0.141 e. The van der Waals surface area contributed by atoms with Crippen molar-refractivity contribution < 1.29 is 33.6 Å². The molecular formula is C19H21ClINO. The number of hydrogen-bond donors (Lipinski definition) is 1. The summed E-state index contributed by atoms with van der Waals surface area (Å²) in [6.07, 6.45) is 3.40. The highest BCUT2D eigenvalue weighted by Crippen LogP contribution is 2.45. The van der Waals surface area contributed by atoms with Gasteiger partial charge in [-0.1, -0.05) is 35.9 Å². The summed E-state index contributed by atoms with van der Waals surface area (Å²) in [7, 11) is 2.36. The van der Waals surface area contributed by atoms with Crippen LogP contribution in [0.4, 0.5) is 0 Å². The third-order valence-electron chi connectivity index (χ3n) is 5.48. The average Bonchev–Trinajstić information content (AvgIpc) is 2.65. The minimum Gasteiger partial charge on any atom is -1.00 e. The molecule has 2 nitrogen and oxygen atoms in total. The van der Waals surface area contributed by atoms with E-state index in [9.17, 15) is 5.11 Å². The Kier molecular flexibility index (Phi) is 4.64. The fourth-order valence-corrected chi connectivity index (χ4v) is 4.52. The van der Waals surface area contributed by atoms with Crippen molar-refractivity contribution in [1.29, 1.82) is 0 Å². The number of rotatable bonds is 0. The molecular weight excluding hydrogens is 421 g/mol. The molecule has 0 saturated carbocycles. The quantitative estimate of drug-likeness (QED) is 0.479. The maximum atomic E-state index is 10.1. The monoisotopic (exact) mass is 441 g/mol. The number of benzene rings is 2. The van der Waals surface area contributed by atoms with Crippen LogP contribution in [0.3, 0.4) is 0 Å². The van der Waals surface area contributed by atoms with Gasteiger partial charge < -0.3 is 33.6 Å². The summed E-state index contributed by atoms with van der Waals surface area (Å²) in [5, 5.41) is 10.6. The first kappa shape index (κ1) is 17.1. The van der Waals surface area contributed by atoms with Gasteiger partial charge in [0, 0.05) is 24.0 Å². The number of fused-ring (bicyclic) bond motifs is 5. The van der Waals surface area contributed by atoms with Crippen molar-refractivity contribution in [2.24, 2.45) is 0 Å². The van der Waals surface area contributed by atoms with Crippen LogP contribution in [0.1, 0.15) is 34.7 Å². The van der Waals surface area contributed by atoms with Crippen LogP contribution in [0, 0.1) is 0 Å². The fraction of sp³-hybridized carbons (Fsp3) is 0.368.